The molecule has 4 N–H and O–H groups in total. The lowest BCUT2D eigenvalue weighted by molar-refractivity contribution is -0.263. The summed E-state index contributed by atoms with van der Waals surface area (Å²) in [5.74, 6) is -6.39. The molecule has 1 aliphatic carbocycles. The van der Waals surface area contributed by atoms with E-state index in [9.17, 15) is 39.6 Å². The number of piperidine rings is 1. The number of amides is 1. The summed E-state index contributed by atoms with van der Waals surface area (Å²) in [5, 5.41) is 44.8. The second-order valence-electron chi connectivity index (χ2n) is 21.7. The number of rotatable bonds is 9. The number of carbonyl (C=O) groups excluding carboxylic acids is 4. The molecule has 2 bridgehead atoms. The summed E-state index contributed by atoms with van der Waals surface area (Å²) in [6.07, 6.45) is 14.6. The first kappa shape index (κ1) is 58.9. The summed E-state index contributed by atoms with van der Waals surface area (Å²) in [5.41, 5.74) is 2.40. The fourth-order valence-electron chi connectivity index (χ4n) is 11.6. The minimum absolute atomic E-state index is 0.0300. The Balaban J connectivity index is 1.51. The summed E-state index contributed by atoms with van der Waals surface area (Å²) in [7, 11) is 3.05. The number of hydrogen-bond acceptors (Lipinski definition) is 13. The predicted molar refractivity (Wildman–Crippen MR) is 279 cm³/mol. The van der Waals surface area contributed by atoms with Crippen molar-refractivity contribution in [2.24, 2.45) is 35.5 Å². The minimum atomic E-state index is -2.45. The van der Waals surface area contributed by atoms with Crippen LogP contribution in [0.2, 0.25) is 0 Å². The Kier molecular flexibility index (Phi) is 22.9. The molecule has 3 fully saturated rings. The first-order valence-electron chi connectivity index (χ1n) is 26.9. The number of Topliss-reactive ketones (excluding diaryl/α,β-unsaturated/α-hetero) is 2. The summed E-state index contributed by atoms with van der Waals surface area (Å²) in [4.78, 5) is 60.9. The Labute approximate surface area is 429 Å². The first-order valence-corrected chi connectivity index (χ1v) is 26.9. The van der Waals surface area contributed by atoms with Gasteiger partial charge in [0.2, 0.25) is 5.79 Å². The van der Waals surface area contributed by atoms with Crippen molar-refractivity contribution in [2.75, 3.05) is 38.8 Å². The molecule has 0 aromatic heterocycles. The van der Waals surface area contributed by atoms with E-state index >= 15 is 0 Å². The van der Waals surface area contributed by atoms with E-state index in [0.717, 1.165) is 17.7 Å². The second-order valence-corrected chi connectivity index (χ2v) is 21.7. The lowest BCUT2D eigenvalue weighted by Gasteiger charge is -2.44. The molecule has 4 aliphatic rings. The van der Waals surface area contributed by atoms with E-state index in [0.29, 0.717) is 82.7 Å². The van der Waals surface area contributed by atoms with Crippen molar-refractivity contribution in [2.45, 2.75) is 186 Å². The molecule has 3 aliphatic heterocycles. The number of nitrogens with zero attached hydrogens (tertiary/aromatic N) is 2. The van der Waals surface area contributed by atoms with E-state index in [2.05, 4.69) is 11.8 Å². The fourth-order valence-corrected chi connectivity index (χ4v) is 11.6. The highest BCUT2D eigenvalue weighted by molar-refractivity contribution is 6.39. The van der Waals surface area contributed by atoms with E-state index in [-0.39, 0.29) is 61.2 Å². The zero-order chi connectivity index (χ0) is 52.7. The summed E-state index contributed by atoms with van der Waals surface area (Å²) in [6, 6.07) is 8.31. The van der Waals surface area contributed by atoms with Gasteiger partial charge in [-0.25, -0.2) is 4.79 Å². The standard InChI is InChI=1S/C58H88N2O12/c1-37-18-12-10-13-19-39(3)48(59(30-31-61)45-20-14-11-15-21-45)36-46-26-24-43(7)58(68,72-46)55(65)56(66)60-29-17-16-22-47(60)57(67)71-50(40(4)34-44-25-27-49(62)51(35-44)69-8)28-23-38(2)33-42(6)53(64)54(70-9)52(63)41(5)32-37/h10-15,18-21,33,37-38,40-41,43-44,46-51,53-54,61-62,64,68H,16-17,22-32,34-36H2,1-9H3/b13-10+,18-12+,39-19+,42-33+/t37-,38+,40-,41-,43-,44-,46+,47+,48+,49-,50+,51-,53-,54+,58-/m1/s1. The van der Waals surface area contributed by atoms with Crippen LogP contribution in [0.1, 0.15) is 132 Å². The highest BCUT2D eigenvalue weighted by Crippen LogP contribution is 2.39. The molecule has 14 heteroatoms. The van der Waals surface area contributed by atoms with Gasteiger partial charge < -0.3 is 49.2 Å². The van der Waals surface area contributed by atoms with Crippen LogP contribution in [0.3, 0.4) is 0 Å². The van der Waals surface area contributed by atoms with Gasteiger partial charge in [-0.05, 0) is 139 Å². The molecule has 1 aromatic carbocycles. The van der Waals surface area contributed by atoms with Gasteiger partial charge in [-0.1, -0.05) is 94.8 Å². The zero-order valence-electron chi connectivity index (χ0n) is 44.7. The highest BCUT2D eigenvalue weighted by Gasteiger charge is 2.53. The molecule has 15 atom stereocenters. The molecule has 1 amide bonds. The minimum Gasteiger partial charge on any atom is -0.461 e. The lowest BCUT2D eigenvalue weighted by Crippen LogP contribution is -2.61. The fraction of sp³-hybridized carbons (Fsp3) is 0.690. The molecule has 1 saturated carbocycles. The van der Waals surface area contributed by atoms with Gasteiger partial charge in [0.05, 0.1) is 31.0 Å². The number of aliphatic hydroxyl groups is 4. The molecule has 14 nitrogen and oxygen atoms in total. The summed E-state index contributed by atoms with van der Waals surface area (Å²) >= 11 is 0. The molecule has 2 saturated heterocycles. The van der Waals surface area contributed by atoms with Crippen LogP contribution in [0, 0.1) is 35.5 Å². The number of esters is 1. The molecule has 0 radical (unpaired) electrons. The van der Waals surface area contributed by atoms with Gasteiger partial charge in [-0.3, -0.25) is 14.4 Å². The lowest BCUT2D eigenvalue weighted by atomic mass is 9.78. The normalized spacial score (nSPS) is 37.5. The molecule has 0 spiro atoms. The van der Waals surface area contributed by atoms with Crippen molar-refractivity contribution in [1.29, 1.82) is 0 Å². The number of carbonyl (C=O) groups is 4. The van der Waals surface area contributed by atoms with Crippen molar-refractivity contribution >= 4 is 29.1 Å². The molecule has 402 valence electrons. The number of ketones is 2. The zero-order valence-corrected chi connectivity index (χ0v) is 44.7. The average molecular weight is 1010 g/mol. The Morgan fingerprint density at radius 1 is 0.833 bits per heavy atom. The number of aliphatic hydroxyl groups excluding tert-OH is 3. The number of para-hydroxylation sites is 1. The maximum absolute atomic E-state index is 14.6. The van der Waals surface area contributed by atoms with Crippen LogP contribution >= 0.6 is 0 Å². The van der Waals surface area contributed by atoms with Gasteiger partial charge in [-0.15, -0.1) is 0 Å². The first-order chi connectivity index (χ1) is 34.3. The Morgan fingerprint density at radius 2 is 1.57 bits per heavy atom. The second kappa shape index (κ2) is 28.0. The van der Waals surface area contributed by atoms with Crippen molar-refractivity contribution in [1.82, 2.24) is 4.90 Å². The van der Waals surface area contributed by atoms with Crippen LogP contribution in [0.4, 0.5) is 5.69 Å². The number of hydrogen-bond donors (Lipinski definition) is 4. The summed E-state index contributed by atoms with van der Waals surface area (Å²) in [6.45, 7) is 13.8. The van der Waals surface area contributed by atoms with Gasteiger partial charge in [0.1, 0.15) is 24.4 Å². The quantitative estimate of drug-likeness (QED) is 0.106. The largest absolute Gasteiger partial charge is 0.461 e. The van der Waals surface area contributed by atoms with Crippen LogP contribution in [0.5, 0.6) is 0 Å². The van der Waals surface area contributed by atoms with Gasteiger partial charge in [0.15, 0.2) is 5.78 Å². The highest BCUT2D eigenvalue weighted by atomic mass is 16.6. The molecular formula is C58H88N2O12. The third kappa shape index (κ3) is 15.5. The number of methoxy groups -OCH3 is 2. The number of ether oxygens (including phenoxy) is 4. The van der Waals surface area contributed by atoms with E-state index in [1.165, 1.54) is 12.0 Å². The molecule has 1 aromatic rings. The van der Waals surface area contributed by atoms with Crippen molar-refractivity contribution in [3.63, 3.8) is 0 Å². The Morgan fingerprint density at radius 3 is 2.26 bits per heavy atom. The van der Waals surface area contributed by atoms with E-state index < -0.39 is 71.8 Å². The van der Waals surface area contributed by atoms with Crippen LogP contribution in [-0.4, -0.2) is 137 Å². The number of fused-ring (bicyclic) bond motifs is 3. The van der Waals surface area contributed by atoms with E-state index in [1.807, 2.05) is 94.5 Å². The van der Waals surface area contributed by atoms with Gasteiger partial charge >= 0.3 is 5.97 Å². The number of allylic oxidation sites excluding steroid dienone is 6. The number of benzene rings is 1. The van der Waals surface area contributed by atoms with Gasteiger partial charge in [0.25, 0.3) is 11.7 Å². The SMILES string of the molecule is CO[C@@H]1C[C@@H](C[C@@H](C)[C@@H]2CC[C@H](C)/C=C(\C)[C@@H](O)[C@@H](OC)C(=O)[C@H](C)C[C@H](C)/C=C/C=C/C=C(\C)[C@@H](N(CCO)c3ccccc3)C[C@@H]3CC[C@@H](C)[C@@](O)(O3)C(=O)C(=O)N3CCCC[C@H]3C(=O)O2)CC[C@H]1O. The third-order valence-corrected chi connectivity index (χ3v) is 16.1. The monoisotopic (exact) mass is 1000 g/mol. The number of anilines is 1. The molecule has 72 heavy (non-hydrogen) atoms. The molecule has 3 heterocycles. The molecule has 0 unspecified atom stereocenters. The van der Waals surface area contributed by atoms with E-state index in [1.54, 1.807) is 21.0 Å². The maximum atomic E-state index is 14.6. The van der Waals surface area contributed by atoms with Crippen LogP contribution in [0.15, 0.2) is 77.9 Å². The van der Waals surface area contributed by atoms with Crippen LogP contribution in [0.25, 0.3) is 0 Å². The summed E-state index contributed by atoms with van der Waals surface area (Å²) < 4.78 is 24.2. The predicted octanol–water partition coefficient (Wildman–Crippen LogP) is 7.85. The van der Waals surface area contributed by atoms with Crippen molar-refractivity contribution in [3.8, 4) is 0 Å². The average Bonchev–Trinajstić information content (AvgIpc) is 3.37. The number of cyclic esters (lactones) is 1. The van der Waals surface area contributed by atoms with E-state index in [4.69, 9.17) is 18.9 Å². The Hall–Kier alpha value is -4.02. The molecule has 5 rings (SSSR count). The van der Waals surface area contributed by atoms with Crippen LogP contribution in [-0.2, 0) is 38.1 Å². The van der Waals surface area contributed by atoms with Crippen molar-refractivity contribution < 1.29 is 58.6 Å². The van der Waals surface area contributed by atoms with Gasteiger partial charge in [0, 0.05) is 44.8 Å². The maximum Gasteiger partial charge on any atom is 0.329 e. The molecular weight excluding hydrogens is 917 g/mol. The third-order valence-electron chi connectivity index (χ3n) is 16.1. The van der Waals surface area contributed by atoms with Crippen molar-refractivity contribution in [3.05, 3.63) is 77.9 Å². The van der Waals surface area contributed by atoms with Crippen LogP contribution < -0.4 is 4.90 Å². The van der Waals surface area contributed by atoms with Gasteiger partial charge in [-0.2, -0.15) is 0 Å². The smallest absolute Gasteiger partial charge is 0.329 e. The Bertz CT molecular complexity index is 2040. The topological polar surface area (TPSA) is 193 Å².